The molecule has 2 fully saturated rings. The zero-order valence-corrected chi connectivity index (χ0v) is 13.0. The fraction of sp³-hybridized carbons (Fsp3) is 0.875. The Hall–Kier alpha value is -1.10. The molecule has 2 aliphatic carbocycles. The predicted octanol–water partition coefficient (Wildman–Crippen LogP) is 2.01. The van der Waals surface area contributed by atoms with Crippen LogP contribution in [0.3, 0.4) is 0 Å². The zero-order valence-electron chi connectivity index (χ0n) is 13.0. The second-order valence-corrected chi connectivity index (χ2v) is 6.56. The number of rotatable bonds is 8. The van der Waals surface area contributed by atoms with E-state index in [9.17, 15) is 9.59 Å². The number of carbonyl (C=O) groups excluding carboxylic acids is 1. The fourth-order valence-electron chi connectivity index (χ4n) is 3.24. The van der Waals surface area contributed by atoms with Crippen LogP contribution >= 0.6 is 0 Å². The molecule has 0 saturated heterocycles. The molecule has 2 saturated carbocycles. The molecule has 5 nitrogen and oxygen atoms in total. The van der Waals surface area contributed by atoms with Crippen LogP contribution in [0.1, 0.15) is 58.3 Å². The van der Waals surface area contributed by atoms with Gasteiger partial charge in [0.1, 0.15) is 6.04 Å². The highest BCUT2D eigenvalue weighted by atomic mass is 16.4. The summed E-state index contributed by atoms with van der Waals surface area (Å²) >= 11 is 0. The monoisotopic (exact) mass is 296 g/mol. The Balaban J connectivity index is 1.68. The lowest BCUT2D eigenvalue weighted by Crippen LogP contribution is -2.46. The second-order valence-electron chi connectivity index (χ2n) is 6.56. The maximum atomic E-state index is 12.0. The number of nitrogens with zero attached hydrogens (tertiary/aromatic N) is 1. The van der Waals surface area contributed by atoms with Gasteiger partial charge in [-0.05, 0) is 32.1 Å². The van der Waals surface area contributed by atoms with Crippen molar-refractivity contribution in [3.05, 3.63) is 0 Å². The van der Waals surface area contributed by atoms with E-state index < -0.39 is 12.0 Å². The summed E-state index contributed by atoms with van der Waals surface area (Å²) in [6, 6.07) is -0.304. The van der Waals surface area contributed by atoms with Gasteiger partial charge in [0.2, 0.25) is 5.91 Å². The third-order valence-electron chi connectivity index (χ3n) is 4.80. The Morgan fingerprint density at radius 1 is 1.19 bits per heavy atom. The molecule has 2 N–H and O–H groups in total. The molecule has 0 aromatic heterocycles. The number of nitrogens with one attached hydrogen (secondary N) is 1. The van der Waals surface area contributed by atoms with Crippen molar-refractivity contribution in [2.75, 3.05) is 13.1 Å². The maximum absolute atomic E-state index is 12.0. The summed E-state index contributed by atoms with van der Waals surface area (Å²) in [6.45, 7) is 2.60. The lowest BCUT2D eigenvalue weighted by Gasteiger charge is -2.26. The van der Waals surface area contributed by atoms with Crippen LogP contribution < -0.4 is 5.32 Å². The lowest BCUT2D eigenvalue weighted by molar-refractivity contribution is -0.143. The van der Waals surface area contributed by atoms with Crippen molar-refractivity contribution in [2.45, 2.75) is 70.4 Å². The van der Waals surface area contributed by atoms with Gasteiger partial charge in [-0.25, -0.2) is 0 Å². The number of aliphatic carboxylic acids is 1. The van der Waals surface area contributed by atoms with Crippen molar-refractivity contribution in [2.24, 2.45) is 5.92 Å². The molecule has 0 bridgehead atoms. The van der Waals surface area contributed by atoms with Crippen LogP contribution in [0.2, 0.25) is 0 Å². The van der Waals surface area contributed by atoms with Gasteiger partial charge >= 0.3 is 5.97 Å². The molecule has 120 valence electrons. The highest BCUT2D eigenvalue weighted by molar-refractivity contribution is 5.79. The first-order valence-electron chi connectivity index (χ1n) is 8.33. The average Bonchev–Trinajstić information content (AvgIpc) is 3.29. The fourth-order valence-corrected chi connectivity index (χ4v) is 3.24. The van der Waals surface area contributed by atoms with E-state index >= 15 is 0 Å². The molecular formula is C16H28N2O3. The van der Waals surface area contributed by atoms with Crippen LogP contribution in [-0.2, 0) is 9.59 Å². The second kappa shape index (κ2) is 7.78. The van der Waals surface area contributed by atoms with E-state index in [1.54, 1.807) is 6.92 Å². The van der Waals surface area contributed by atoms with Gasteiger partial charge in [-0.2, -0.15) is 0 Å². The van der Waals surface area contributed by atoms with E-state index in [0.717, 1.165) is 31.7 Å². The van der Waals surface area contributed by atoms with Crippen LogP contribution in [0.25, 0.3) is 0 Å². The van der Waals surface area contributed by atoms with Gasteiger partial charge in [0, 0.05) is 12.6 Å². The van der Waals surface area contributed by atoms with Crippen molar-refractivity contribution in [3.8, 4) is 0 Å². The minimum absolute atomic E-state index is 0.0363. The minimum Gasteiger partial charge on any atom is -0.480 e. The third kappa shape index (κ3) is 5.30. The number of carbonyl (C=O) groups is 2. The molecule has 1 amide bonds. The zero-order chi connectivity index (χ0) is 15.2. The molecule has 2 rings (SSSR count). The Morgan fingerprint density at radius 3 is 2.43 bits per heavy atom. The molecule has 0 spiro atoms. The average molecular weight is 296 g/mol. The summed E-state index contributed by atoms with van der Waals surface area (Å²) in [7, 11) is 0. The Kier molecular flexibility index (Phi) is 6.03. The standard InChI is InChI=1S/C16H28N2O3/c1-12(16(20)21)18(14-7-8-14)11-15(19)17-10-9-13-5-3-2-4-6-13/h12-14H,2-11H2,1H3,(H,17,19)(H,20,21). The first kappa shape index (κ1) is 16.3. The molecule has 1 unspecified atom stereocenters. The number of carboxylic acids is 1. The first-order chi connectivity index (χ1) is 10.1. The number of hydrogen-bond acceptors (Lipinski definition) is 3. The van der Waals surface area contributed by atoms with Crippen molar-refractivity contribution < 1.29 is 14.7 Å². The van der Waals surface area contributed by atoms with E-state index in [1.807, 2.05) is 4.90 Å². The Morgan fingerprint density at radius 2 is 1.86 bits per heavy atom. The van der Waals surface area contributed by atoms with Crippen molar-refractivity contribution in [1.29, 1.82) is 0 Å². The normalized spacial score (nSPS) is 21.2. The third-order valence-corrected chi connectivity index (χ3v) is 4.80. The summed E-state index contributed by atoms with van der Waals surface area (Å²) in [5.41, 5.74) is 0. The van der Waals surface area contributed by atoms with E-state index in [1.165, 1.54) is 32.1 Å². The van der Waals surface area contributed by atoms with Gasteiger partial charge in [0.25, 0.3) is 0 Å². The molecule has 0 radical (unpaired) electrons. The molecule has 21 heavy (non-hydrogen) atoms. The van der Waals surface area contributed by atoms with E-state index in [2.05, 4.69) is 5.32 Å². The first-order valence-corrected chi connectivity index (χ1v) is 8.33. The van der Waals surface area contributed by atoms with Gasteiger partial charge in [0.05, 0.1) is 6.54 Å². The molecule has 1 atom stereocenters. The van der Waals surface area contributed by atoms with E-state index in [-0.39, 0.29) is 18.5 Å². The summed E-state index contributed by atoms with van der Waals surface area (Å²) in [4.78, 5) is 24.9. The largest absolute Gasteiger partial charge is 0.480 e. The Bertz CT molecular complexity index is 363. The summed E-state index contributed by atoms with van der Waals surface area (Å²) in [5, 5.41) is 12.1. The van der Waals surface area contributed by atoms with Gasteiger partial charge in [-0.1, -0.05) is 32.1 Å². The molecule has 0 heterocycles. The van der Waals surface area contributed by atoms with Gasteiger partial charge in [-0.3, -0.25) is 14.5 Å². The summed E-state index contributed by atoms with van der Waals surface area (Å²) in [5.74, 6) is -0.126. The molecule has 0 aliphatic heterocycles. The van der Waals surface area contributed by atoms with Crippen LogP contribution in [-0.4, -0.2) is 47.1 Å². The van der Waals surface area contributed by atoms with E-state index in [4.69, 9.17) is 5.11 Å². The maximum Gasteiger partial charge on any atom is 0.320 e. The molecular weight excluding hydrogens is 268 g/mol. The smallest absolute Gasteiger partial charge is 0.320 e. The van der Waals surface area contributed by atoms with Crippen molar-refractivity contribution in [3.63, 3.8) is 0 Å². The van der Waals surface area contributed by atoms with Gasteiger partial charge in [-0.15, -0.1) is 0 Å². The number of hydrogen-bond donors (Lipinski definition) is 2. The van der Waals surface area contributed by atoms with E-state index in [0.29, 0.717) is 0 Å². The van der Waals surface area contributed by atoms with Crippen molar-refractivity contribution >= 4 is 11.9 Å². The molecule has 2 aliphatic rings. The molecule has 0 aromatic carbocycles. The summed E-state index contributed by atoms with van der Waals surface area (Å²) < 4.78 is 0. The quantitative estimate of drug-likeness (QED) is 0.719. The molecule has 5 heteroatoms. The van der Waals surface area contributed by atoms with Gasteiger partial charge in [0.15, 0.2) is 0 Å². The number of amides is 1. The minimum atomic E-state index is -0.850. The van der Waals surface area contributed by atoms with Gasteiger partial charge < -0.3 is 10.4 Å². The number of carboxylic acid groups (broad SMARTS) is 1. The highest BCUT2D eigenvalue weighted by Gasteiger charge is 2.36. The molecule has 0 aromatic rings. The predicted molar refractivity (Wildman–Crippen MR) is 81.0 cm³/mol. The van der Waals surface area contributed by atoms with Crippen molar-refractivity contribution in [1.82, 2.24) is 10.2 Å². The van der Waals surface area contributed by atoms with Crippen LogP contribution in [0.5, 0.6) is 0 Å². The SMILES string of the molecule is CC(C(=O)O)N(CC(=O)NCCC1CCCCC1)C1CC1. The summed E-state index contributed by atoms with van der Waals surface area (Å²) in [6.07, 6.45) is 9.66. The topological polar surface area (TPSA) is 69.6 Å². The van der Waals surface area contributed by atoms with Crippen LogP contribution in [0.15, 0.2) is 0 Å². The van der Waals surface area contributed by atoms with Crippen LogP contribution in [0.4, 0.5) is 0 Å². The highest BCUT2D eigenvalue weighted by Crippen LogP contribution is 2.28. The Labute approximate surface area is 127 Å². The van der Waals surface area contributed by atoms with Crippen LogP contribution in [0, 0.1) is 5.92 Å². The lowest BCUT2D eigenvalue weighted by atomic mass is 9.87.